The fourth-order valence-electron chi connectivity index (χ4n) is 2.62. The number of furan rings is 1. The van der Waals surface area contributed by atoms with E-state index in [1.165, 1.54) is 19.3 Å². The number of anilines is 1. The highest BCUT2D eigenvalue weighted by molar-refractivity contribution is 7.80. The van der Waals surface area contributed by atoms with E-state index in [-0.39, 0.29) is 5.11 Å². The van der Waals surface area contributed by atoms with Gasteiger partial charge >= 0.3 is 5.97 Å². The van der Waals surface area contributed by atoms with Gasteiger partial charge in [-0.25, -0.2) is 4.79 Å². The Labute approximate surface area is 193 Å². The zero-order chi connectivity index (χ0) is 22.4. The number of benzene rings is 2. The second kappa shape index (κ2) is 10.3. The first kappa shape index (κ1) is 22.6. The third kappa shape index (κ3) is 5.95. The van der Waals surface area contributed by atoms with E-state index >= 15 is 0 Å². The monoisotopic (exact) mass is 474 g/mol. The van der Waals surface area contributed by atoms with Crippen LogP contribution in [0, 0.1) is 0 Å². The summed E-state index contributed by atoms with van der Waals surface area (Å²) in [6.45, 7) is 0. The topological polar surface area (TPSA) is 80.6 Å². The van der Waals surface area contributed by atoms with Crippen molar-refractivity contribution in [2.24, 2.45) is 0 Å². The van der Waals surface area contributed by atoms with Crippen LogP contribution in [0.1, 0.15) is 16.1 Å². The van der Waals surface area contributed by atoms with Gasteiger partial charge in [0.25, 0.3) is 0 Å². The molecule has 0 bridgehead atoms. The van der Waals surface area contributed by atoms with Crippen LogP contribution < -0.4 is 10.6 Å². The van der Waals surface area contributed by atoms with Gasteiger partial charge in [0.15, 0.2) is 5.11 Å². The lowest BCUT2D eigenvalue weighted by Gasteiger charge is -2.11. The number of rotatable bonds is 5. The molecule has 0 unspecified atom stereocenters. The van der Waals surface area contributed by atoms with Crippen molar-refractivity contribution in [2.45, 2.75) is 0 Å². The summed E-state index contributed by atoms with van der Waals surface area (Å²) in [5.41, 5.74) is 1.39. The minimum atomic E-state index is -0.522. The minimum absolute atomic E-state index is 0.0269. The van der Waals surface area contributed by atoms with E-state index in [9.17, 15) is 9.59 Å². The highest BCUT2D eigenvalue weighted by Crippen LogP contribution is 2.31. The Bertz CT molecular complexity index is 1170. The maximum absolute atomic E-state index is 12.2. The molecule has 1 heterocycles. The van der Waals surface area contributed by atoms with E-state index in [2.05, 4.69) is 10.6 Å². The maximum atomic E-state index is 12.2. The summed E-state index contributed by atoms with van der Waals surface area (Å²) < 4.78 is 10.4. The first-order valence-electron chi connectivity index (χ1n) is 8.90. The van der Waals surface area contributed by atoms with E-state index in [1.54, 1.807) is 54.6 Å². The fourth-order valence-corrected chi connectivity index (χ4v) is 3.33. The number of methoxy groups -OCH3 is 1. The molecule has 9 heteroatoms. The Kier molecular flexibility index (Phi) is 7.46. The lowest BCUT2D eigenvalue weighted by molar-refractivity contribution is -0.115. The molecule has 0 aliphatic rings. The molecule has 3 aromatic rings. The Morgan fingerprint density at radius 2 is 1.87 bits per heavy atom. The van der Waals surface area contributed by atoms with Crippen molar-refractivity contribution in [3.63, 3.8) is 0 Å². The fraction of sp³-hybridized carbons (Fsp3) is 0.0455. The minimum Gasteiger partial charge on any atom is -0.465 e. The van der Waals surface area contributed by atoms with Crippen molar-refractivity contribution in [1.82, 2.24) is 5.32 Å². The molecule has 0 aliphatic heterocycles. The number of ether oxygens (including phenoxy) is 1. The van der Waals surface area contributed by atoms with Crippen LogP contribution in [0.4, 0.5) is 5.69 Å². The quantitative estimate of drug-likeness (QED) is 0.286. The lowest BCUT2D eigenvalue weighted by atomic mass is 10.2. The summed E-state index contributed by atoms with van der Waals surface area (Å²) in [6, 6.07) is 15.2. The summed E-state index contributed by atoms with van der Waals surface area (Å²) >= 11 is 17.2. The third-order valence-electron chi connectivity index (χ3n) is 4.04. The largest absolute Gasteiger partial charge is 0.465 e. The van der Waals surface area contributed by atoms with Crippen LogP contribution in [-0.2, 0) is 9.53 Å². The second-order valence-electron chi connectivity index (χ2n) is 6.14. The van der Waals surface area contributed by atoms with Gasteiger partial charge in [0, 0.05) is 16.7 Å². The van der Waals surface area contributed by atoms with E-state index in [0.29, 0.717) is 38.4 Å². The first-order valence-corrected chi connectivity index (χ1v) is 10.1. The Morgan fingerprint density at radius 1 is 1.10 bits per heavy atom. The van der Waals surface area contributed by atoms with Crippen molar-refractivity contribution >= 4 is 64.2 Å². The molecule has 0 radical (unpaired) electrons. The Morgan fingerprint density at radius 3 is 2.61 bits per heavy atom. The predicted molar refractivity (Wildman–Crippen MR) is 125 cm³/mol. The standard InChI is InChI=1S/C22H16Cl2N2O4S/c1-29-21(28)16-4-2-3-5-18(16)25-22(31)26-20(27)11-8-14-7-10-19(30-14)15-9-6-13(23)12-17(15)24/h2-12H,1H3,(H2,25,26,27,31)/b11-8+. The summed E-state index contributed by atoms with van der Waals surface area (Å²) in [4.78, 5) is 24.0. The molecule has 0 aliphatic carbocycles. The van der Waals surface area contributed by atoms with Crippen molar-refractivity contribution in [3.8, 4) is 11.3 Å². The molecule has 2 aromatic carbocycles. The van der Waals surface area contributed by atoms with Gasteiger partial charge in [0.2, 0.25) is 5.91 Å². The zero-order valence-electron chi connectivity index (χ0n) is 16.1. The molecule has 0 atom stereocenters. The molecular formula is C22H16Cl2N2O4S. The lowest BCUT2D eigenvalue weighted by Crippen LogP contribution is -2.33. The van der Waals surface area contributed by atoms with Gasteiger partial charge in [0.1, 0.15) is 11.5 Å². The number of carbonyl (C=O) groups excluding carboxylic acids is 2. The van der Waals surface area contributed by atoms with Crippen molar-refractivity contribution in [3.05, 3.63) is 82.0 Å². The normalized spacial score (nSPS) is 10.7. The third-order valence-corrected chi connectivity index (χ3v) is 4.79. The van der Waals surface area contributed by atoms with Gasteiger partial charge < -0.3 is 14.5 Å². The number of carbonyl (C=O) groups is 2. The number of thiocarbonyl (C=S) groups is 1. The van der Waals surface area contributed by atoms with Crippen LogP contribution >= 0.6 is 35.4 Å². The summed E-state index contributed by atoms with van der Waals surface area (Å²) in [5.74, 6) is -0.00790. The van der Waals surface area contributed by atoms with Crippen LogP contribution in [0.3, 0.4) is 0 Å². The first-order chi connectivity index (χ1) is 14.9. The Balaban J connectivity index is 1.62. The second-order valence-corrected chi connectivity index (χ2v) is 7.39. The van der Waals surface area contributed by atoms with E-state index in [1.807, 2.05) is 0 Å². The molecule has 1 amide bonds. The molecule has 31 heavy (non-hydrogen) atoms. The zero-order valence-corrected chi connectivity index (χ0v) is 18.5. The van der Waals surface area contributed by atoms with Gasteiger partial charge in [-0.15, -0.1) is 0 Å². The summed E-state index contributed by atoms with van der Waals surface area (Å²) in [7, 11) is 1.28. The van der Waals surface area contributed by atoms with Gasteiger partial charge in [-0.3, -0.25) is 10.1 Å². The molecule has 0 spiro atoms. The number of hydrogen-bond donors (Lipinski definition) is 2. The SMILES string of the molecule is COC(=O)c1ccccc1NC(=S)NC(=O)/C=C/c1ccc(-c2ccc(Cl)cc2Cl)o1. The van der Waals surface area contributed by atoms with Crippen LogP contribution in [0.2, 0.25) is 10.0 Å². The molecule has 158 valence electrons. The molecule has 0 fully saturated rings. The van der Waals surface area contributed by atoms with E-state index in [4.69, 9.17) is 44.6 Å². The highest BCUT2D eigenvalue weighted by atomic mass is 35.5. The molecule has 0 saturated heterocycles. The smallest absolute Gasteiger partial charge is 0.339 e. The number of hydrogen-bond acceptors (Lipinski definition) is 5. The van der Waals surface area contributed by atoms with Crippen LogP contribution in [-0.4, -0.2) is 24.1 Å². The van der Waals surface area contributed by atoms with Crippen LogP contribution in [0.25, 0.3) is 17.4 Å². The molecule has 3 rings (SSSR count). The number of amides is 1. The highest BCUT2D eigenvalue weighted by Gasteiger charge is 2.13. The van der Waals surface area contributed by atoms with Crippen molar-refractivity contribution in [1.29, 1.82) is 0 Å². The van der Waals surface area contributed by atoms with Crippen LogP contribution in [0.5, 0.6) is 0 Å². The molecular weight excluding hydrogens is 459 g/mol. The number of para-hydroxylation sites is 1. The predicted octanol–water partition coefficient (Wildman–Crippen LogP) is 5.57. The van der Waals surface area contributed by atoms with Gasteiger partial charge in [-0.2, -0.15) is 0 Å². The van der Waals surface area contributed by atoms with Crippen molar-refractivity contribution in [2.75, 3.05) is 12.4 Å². The average molecular weight is 475 g/mol. The molecule has 0 saturated carbocycles. The summed E-state index contributed by atoms with van der Waals surface area (Å²) in [6.07, 6.45) is 2.76. The maximum Gasteiger partial charge on any atom is 0.339 e. The van der Waals surface area contributed by atoms with Crippen molar-refractivity contribution < 1.29 is 18.7 Å². The number of nitrogens with one attached hydrogen (secondary N) is 2. The van der Waals surface area contributed by atoms with E-state index < -0.39 is 11.9 Å². The molecule has 2 N–H and O–H groups in total. The summed E-state index contributed by atoms with van der Waals surface area (Å²) in [5, 5.41) is 6.32. The number of esters is 1. The molecule has 1 aromatic heterocycles. The van der Waals surface area contributed by atoms with Gasteiger partial charge in [0.05, 0.1) is 23.4 Å². The number of halogens is 2. The van der Waals surface area contributed by atoms with Gasteiger partial charge in [-0.05, 0) is 60.8 Å². The van der Waals surface area contributed by atoms with Gasteiger partial charge in [-0.1, -0.05) is 35.3 Å². The van der Waals surface area contributed by atoms with Crippen LogP contribution in [0.15, 0.2) is 65.1 Å². The molecule has 6 nitrogen and oxygen atoms in total. The average Bonchev–Trinajstić information content (AvgIpc) is 3.20. The van der Waals surface area contributed by atoms with E-state index in [0.717, 1.165) is 0 Å². The Hall–Kier alpha value is -3.13.